The van der Waals surface area contributed by atoms with Crippen molar-refractivity contribution in [3.05, 3.63) is 42.5 Å². The molecule has 0 aromatic heterocycles. The summed E-state index contributed by atoms with van der Waals surface area (Å²) in [4.78, 5) is 0. The lowest BCUT2D eigenvalue weighted by atomic mass is 10.1. The fourth-order valence-electron chi connectivity index (χ4n) is 1.60. The summed E-state index contributed by atoms with van der Waals surface area (Å²) in [6, 6.07) is 7.62. The summed E-state index contributed by atoms with van der Waals surface area (Å²) in [5.41, 5.74) is 0.920. The van der Waals surface area contributed by atoms with Crippen molar-refractivity contribution < 1.29 is 9.84 Å². The fraction of sp³-hybridized carbons (Fsp3) is 0.467. The standard InChI is InChI=1S/C15H22O2/c1-3-4-5-6-7-12-17-15-10-8-14(9-11-15)13(2)16/h3,8-11,13,16H,1,4-7,12H2,2H3/t13-/m0/s1. The molecule has 94 valence electrons. The van der Waals surface area contributed by atoms with Crippen LogP contribution in [-0.2, 0) is 0 Å². The minimum atomic E-state index is -0.414. The fourth-order valence-corrected chi connectivity index (χ4v) is 1.60. The Kier molecular flexibility index (Phi) is 6.41. The molecule has 0 unspecified atom stereocenters. The molecule has 1 aromatic rings. The first kappa shape index (κ1) is 13.8. The number of rotatable bonds is 8. The number of hydrogen-bond donors (Lipinski definition) is 1. The Hall–Kier alpha value is -1.28. The highest BCUT2D eigenvalue weighted by atomic mass is 16.5. The van der Waals surface area contributed by atoms with Gasteiger partial charge in [0.2, 0.25) is 0 Å². The zero-order chi connectivity index (χ0) is 12.5. The molecule has 1 atom stereocenters. The van der Waals surface area contributed by atoms with Crippen LogP contribution in [0.25, 0.3) is 0 Å². The third kappa shape index (κ3) is 5.55. The molecule has 0 aliphatic heterocycles. The van der Waals surface area contributed by atoms with Crippen molar-refractivity contribution in [3.63, 3.8) is 0 Å². The van der Waals surface area contributed by atoms with E-state index in [-0.39, 0.29) is 0 Å². The lowest BCUT2D eigenvalue weighted by Gasteiger charge is -2.08. The average Bonchev–Trinajstić information content (AvgIpc) is 2.34. The molecule has 2 heteroatoms. The lowest BCUT2D eigenvalue weighted by molar-refractivity contribution is 0.199. The van der Waals surface area contributed by atoms with Gasteiger partial charge in [0.05, 0.1) is 12.7 Å². The minimum Gasteiger partial charge on any atom is -0.494 e. The molecule has 0 aliphatic carbocycles. The van der Waals surface area contributed by atoms with Crippen LogP contribution >= 0.6 is 0 Å². The number of unbranched alkanes of at least 4 members (excludes halogenated alkanes) is 3. The van der Waals surface area contributed by atoms with Gasteiger partial charge in [-0.25, -0.2) is 0 Å². The van der Waals surface area contributed by atoms with Crippen molar-refractivity contribution in [2.24, 2.45) is 0 Å². The van der Waals surface area contributed by atoms with Crippen molar-refractivity contribution in [3.8, 4) is 5.75 Å². The van der Waals surface area contributed by atoms with E-state index in [0.717, 1.165) is 30.8 Å². The highest BCUT2D eigenvalue weighted by Crippen LogP contribution is 2.17. The molecule has 0 amide bonds. The van der Waals surface area contributed by atoms with E-state index >= 15 is 0 Å². The highest BCUT2D eigenvalue weighted by Gasteiger charge is 2.00. The van der Waals surface area contributed by atoms with E-state index in [9.17, 15) is 5.11 Å². The van der Waals surface area contributed by atoms with E-state index in [2.05, 4.69) is 6.58 Å². The molecule has 2 nitrogen and oxygen atoms in total. The SMILES string of the molecule is C=CCCCCCOc1ccc([C@H](C)O)cc1. The third-order valence-corrected chi connectivity index (χ3v) is 2.68. The van der Waals surface area contributed by atoms with E-state index in [1.54, 1.807) is 6.92 Å². The maximum Gasteiger partial charge on any atom is 0.119 e. The quantitative estimate of drug-likeness (QED) is 0.546. The molecule has 0 saturated heterocycles. The molecular weight excluding hydrogens is 212 g/mol. The Bertz CT molecular complexity index is 314. The smallest absolute Gasteiger partial charge is 0.119 e. The molecule has 0 bridgehead atoms. The van der Waals surface area contributed by atoms with E-state index in [4.69, 9.17) is 4.74 Å². The first-order valence-corrected chi connectivity index (χ1v) is 6.25. The molecule has 17 heavy (non-hydrogen) atoms. The van der Waals surface area contributed by atoms with E-state index in [1.165, 1.54) is 12.8 Å². The summed E-state index contributed by atoms with van der Waals surface area (Å²) in [5.74, 6) is 0.873. The Morgan fingerprint density at radius 2 is 1.94 bits per heavy atom. The summed E-state index contributed by atoms with van der Waals surface area (Å²) in [5, 5.41) is 9.36. The van der Waals surface area contributed by atoms with Crippen LogP contribution in [0.5, 0.6) is 5.75 Å². The van der Waals surface area contributed by atoms with Crippen LogP contribution in [0.3, 0.4) is 0 Å². The van der Waals surface area contributed by atoms with Crippen LogP contribution < -0.4 is 4.74 Å². The molecular formula is C15H22O2. The molecule has 0 radical (unpaired) electrons. The van der Waals surface area contributed by atoms with Crippen LogP contribution in [0.4, 0.5) is 0 Å². The van der Waals surface area contributed by atoms with Crippen molar-refractivity contribution >= 4 is 0 Å². The molecule has 0 heterocycles. The van der Waals surface area contributed by atoms with Crippen molar-refractivity contribution in [2.45, 2.75) is 38.7 Å². The second kappa shape index (κ2) is 7.91. The number of allylic oxidation sites excluding steroid dienone is 1. The lowest BCUT2D eigenvalue weighted by Crippen LogP contribution is -1.98. The molecule has 0 spiro atoms. The first-order chi connectivity index (χ1) is 8.24. The molecule has 0 saturated carbocycles. The summed E-state index contributed by atoms with van der Waals surface area (Å²) < 4.78 is 5.61. The van der Waals surface area contributed by atoms with Crippen molar-refractivity contribution in [1.82, 2.24) is 0 Å². The maximum absolute atomic E-state index is 9.36. The van der Waals surface area contributed by atoms with Gasteiger partial charge < -0.3 is 9.84 Å². The molecule has 1 rings (SSSR count). The largest absolute Gasteiger partial charge is 0.494 e. The Morgan fingerprint density at radius 3 is 2.53 bits per heavy atom. The van der Waals surface area contributed by atoms with Gasteiger partial charge in [-0.3, -0.25) is 0 Å². The van der Waals surface area contributed by atoms with Gasteiger partial charge >= 0.3 is 0 Å². The molecule has 0 fully saturated rings. The summed E-state index contributed by atoms with van der Waals surface area (Å²) in [7, 11) is 0. The van der Waals surface area contributed by atoms with E-state index in [0.29, 0.717) is 0 Å². The first-order valence-electron chi connectivity index (χ1n) is 6.25. The van der Waals surface area contributed by atoms with Crippen molar-refractivity contribution in [2.75, 3.05) is 6.61 Å². The molecule has 1 N–H and O–H groups in total. The van der Waals surface area contributed by atoms with Gasteiger partial charge in [-0.05, 0) is 50.3 Å². The van der Waals surface area contributed by atoms with Crippen LogP contribution in [0, 0.1) is 0 Å². The predicted octanol–water partition coefficient (Wildman–Crippen LogP) is 3.87. The number of aliphatic hydroxyl groups excluding tert-OH is 1. The summed E-state index contributed by atoms with van der Waals surface area (Å²) in [6.07, 6.45) is 6.07. The van der Waals surface area contributed by atoms with Crippen LogP contribution in [-0.4, -0.2) is 11.7 Å². The predicted molar refractivity (Wildman–Crippen MR) is 71.2 cm³/mol. The van der Waals surface area contributed by atoms with Crippen LogP contribution in [0.2, 0.25) is 0 Å². The molecule has 0 aliphatic rings. The maximum atomic E-state index is 9.36. The Morgan fingerprint density at radius 1 is 1.24 bits per heavy atom. The number of benzene rings is 1. The number of hydrogen-bond acceptors (Lipinski definition) is 2. The van der Waals surface area contributed by atoms with Gasteiger partial charge in [-0.2, -0.15) is 0 Å². The van der Waals surface area contributed by atoms with Gasteiger partial charge in [0.25, 0.3) is 0 Å². The van der Waals surface area contributed by atoms with Gasteiger partial charge in [-0.15, -0.1) is 6.58 Å². The van der Waals surface area contributed by atoms with Gasteiger partial charge in [0.1, 0.15) is 5.75 Å². The average molecular weight is 234 g/mol. The Labute approximate surface area is 104 Å². The molecule has 1 aromatic carbocycles. The normalized spacial score (nSPS) is 12.1. The van der Waals surface area contributed by atoms with Crippen LogP contribution in [0.1, 0.15) is 44.3 Å². The summed E-state index contributed by atoms with van der Waals surface area (Å²) >= 11 is 0. The topological polar surface area (TPSA) is 29.5 Å². The summed E-state index contributed by atoms with van der Waals surface area (Å²) in [6.45, 7) is 6.21. The van der Waals surface area contributed by atoms with Gasteiger partial charge in [0.15, 0.2) is 0 Å². The zero-order valence-corrected chi connectivity index (χ0v) is 10.6. The third-order valence-electron chi connectivity index (χ3n) is 2.68. The Balaban J connectivity index is 2.21. The van der Waals surface area contributed by atoms with E-state index in [1.807, 2.05) is 30.3 Å². The number of ether oxygens (including phenoxy) is 1. The highest BCUT2D eigenvalue weighted by molar-refractivity contribution is 5.28. The minimum absolute atomic E-state index is 0.414. The second-order valence-corrected chi connectivity index (χ2v) is 4.23. The van der Waals surface area contributed by atoms with Gasteiger partial charge in [0, 0.05) is 0 Å². The monoisotopic (exact) mass is 234 g/mol. The van der Waals surface area contributed by atoms with Crippen molar-refractivity contribution in [1.29, 1.82) is 0 Å². The number of aliphatic hydroxyl groups is 1. The second-order valence-electron chi connectivity index (χ2n) is 4.23. The van der Waals surface area contributed by atoms with Crippen LogP contribution in [0.15, 0.2) is 36.9 Å². The van der Waals surface area contributed by atoms with Gasteiger partial charge in [-0.1, -0.05) is 18.2 Å². The van der Waals surface area contributed by atoms with E-state index < -0.39 is 6.10 Å². The zero-order valence-electron chi connectivity index (χ0n) is 10.6.